The maximum Gasteiger partial charge on any atom is 0.295 e. The maximum atomic E-state index is 13.2. The second-order valence-corrected chi connectivity index (χ2v) is 8.47. The van der Waals surface area contributed by atoms with Crippen LogP contribution in [0.25, 0.3) is 5.76 Å². The predicted octanol–water partition coefficient (Wildman–Crippen LogP) is 4.03. The van der Waals surface area contributed by atoms with Gasteiger partial charge in [0.15, 0.2) is 0 Å². The molecule has 0 aliphatic carbocycles. The molecule has 0 spiro atoms. The molecule has 0 aromatic heterocycles. The molecule has 7 nitrogen and oxygen atoms in total. The lowest BCUT2D eigenvalue weighted by molar-refractivity contribution is -0.140. The van der Waals surface area contributed by atoms with Gasteiger partial charge in [0.1, 0.15) is 30.0 Å². The van der Waals surface area contributed by atoms with Crippen LogP contribution in [-0.4, -0.2) is 54.7 Å². The zero-order valence-corrected chi connectivity index (χ0v) is 19.5. The summed E-state index contributed by atoms with van der Waals surface area (Å²) in [5.41, 5.74) is 2.19. The number of benzene rings is 2. The van der Waals surface area contributed by atoms with E-state index >= 15 is 0 Å². The Bertz CT molecular complexity index is 1140. The first-order valence-electron chi connectivity index (χ1n) is 11.4. The number of amides is 1. The average molecular weight is 464 g/mol. The molecule has 7 heteroatoms. The quantitative estimate of drug-likeness (QED) is 0.199. The topological polar surface area (TPSA) is 85.3 Å². The van der Waals surface area contributed by atoms with E-state index in [2.05, 4.69) is 6.58 Å². The normalized spacial score (nSPS) is 20.8. The van der Waals surface area contributed by atoms with Crippen LogP contribution < -0.4 is 9.47 Å². The van der Waals surface area contributed by atoms with Crippen LogP contribution in [0.15, 0.2) is 60.7 Å². The molecule has 2 atom stereocenters. The van der Waals surface area contributed by atoms with Crippen molar-refractivity contribution >= 4 is 17.4 Å². The van der Waals surface area contributed by atoms with Gasteiger partial charge in [-0.1, -0.05) is 24.8 Å². The summed E-state index contributed by atoms with van der Waals surface area (Å²) in [6.45, 7) is 6.73. The van der Waals surface area contributed by atoms with Crippen molar-refractivity contribution in [2.45, 2.75) is 31.9 Å². The van der Waals surface area contributed by atoms with Crippen molar-refractivity contribution in [3.63, 3.8) is 0 Å². The first-order valence-corrected chi connectivity index (χ1v) is 11.4. The highest BCUT2D eigenvalue weighted by molar-refractivity contribution is 6.46. The minimum absolute atomic E-state index is 0.0528. The summed E-state index contributed by atoms with van der Waals surface area (Å²) in [5.74, 6) is -0.186. The fourth-order valence-electron chi connectivity index (χ4n) is 4.49. The Balaban J connectivity index is 1.79. The Morgan fingerprint density at radius 3 is 2.85 bits per heavy atom. The molecule has 1 fully saturated rings. The molecule has 178 valence electrons. The van der Waals surface area contributed by atoms with Crippen LogP contribution in [-0.2, 0) is 20.7 Å². The number of rotatable bonds is 9. The van der Waals surface area contributed by atoms with Crippen LogP contribution in [0.4, 0.5) is 0 Å². The van der Waals surface area contributed by atoms with Crippen molar-refractivity contribution in [3.05, 3.63) is 77.4 Å². The number of Topliss-reactive ketones (excluding diaryl/α,β-unsaturated/α-hetero) is 1. The van der Waals surface area contributed by atoms with Crippen molar-refractivity contribution in [2.75, 3.05) is 26.9 Å². The molecule has 0 radical (unpaired) electrons. The van der Waals surface area contributed by atoms with E-state index in [0.717, 1.165) is 11.3 Å². The molecule has 2 aliphatic rings. The van der Waals surface area contributed by atoms with Crippen LogP contribution in [0.5, 0.6) is 11.5 Å². The van der Waals surface area contributed by atoms with E-state index in [1.54, 1.807) is 43.5 Å². The minimum Gasteiger partial charge on any atom is -0.507 e. The Morgan fingerprint density at radius 2 is 2.09 bits per heavy atom. The predicted molar refractivity (Wildman–Crippen MR) is 128 cm³/mol. The molecule has 2 aromatic carbocycles. The van der Waals surface area contributed by atoms with Gasteiger partial charge in [-0.2, -0.15) is 0 Å². The van der Waals surface area contributed by atoms with E-state index < -0.39 is 17.7 Å². The fraction of sp³-hybridized carbons (Fsp3) is 0.333. The SMILES string of the molecule is C=CCOc1cccc([C@H]2/C(=C(\O)c3ccc4c(c3)C[C@H](C)O4)C(=O)C(=O)N2CCCOC)c1. The third-order valence-electron chi connectivity index (χ3n) is 6.00. The lowest BCUT2D eigenvalue weighted by Gasteiger charge is -2.25. The Labute approximate surface area is 199 Å². The van der Waals surface area contributed by atoms with Gasteiger partial charge < -0.3 is 24.2 Å². The van der Waals surface area contributed by atoms with E-state index in [9.17, 15) is 14.7 Å². The number of carbonyl (C=O) groups is 2. The van der Waals surface area contributed by atoms with E-state index in [4.69, 9.17) is 14.2 Å². The molecule has 1 N–H and O–H groups in total. The molecule has 4 rings (SSSR count). The minimum atomic E-state index is -0.743. The molecular formula is C27H29NO6. The van der Waals surface area contributed by atoms with Gasteiger partial charge in [0.05, 0.1) is 11.6 Å². The molecule has 34 heavy (non-hydrogen) atoms. The number of hydrogen-bond acceptors (Lipinski definition) is 6. The van der Waals surface area contributed by atoms with Crippen LogP contribution >= 0.6 is 0 Å². The number of nitrogens with zero attached hydrogens (tertiary/aromatic N) is 1. The van der Waals surface area contributed by atoms with E-state index in [0.29, 0.717) is 49.5 Å². The summed E-state index contributed by atoms with van der Waals surface area (Å²) < 4.78 is 16.6. The van der Waals surface area contributed by atoms with E-state index in [1.807, 2.05) is 19.1 Å². The van der Waals surface area contributed by atoms with Gasteiger partial charge in [0.2, 0.25) is 0 Å². The van der Waals surface area contributed by atoms with Crippen LogP contribution in [0, 0.1) is 0 Å². The first kappa shape index (κ1) is 23.6. The molecule has 2 heterocycles. The summed E-state index contributed by atoms with van der Waals surface area (Å²) in [4.78, 5) is 27.7. The molecule has 1 saturated heterocycles. The lowest BCUT2D eigenvalue weighted by Crippen LogP contribution is -2.31. The molecule has 1 amide bonds. The molecule has 0 unspecified atom stereocenters. The highest BCUT2D eigenvalue weighted by Crippen LogP contribution is 2.41. The van der Waals surface area contributed by atoms with Crippen molar-refractivity contribution in [2.24, 2.45) is 0 Å². The summed E-state index contributed by atoms with van der Waals surface area (Å²) in [5, 5.41) is 11.3. The van der Waals surface area contributed by atoms with Crippen molar-refractivity contribution in [3.8, 4) is 11.5 Å². The lowest BCUT2D eigenvalue weighted by atomic mass is 9.94. The highest BCUT2D eigenvalue weighted by Gasteiger charge is 2.46. The van der Waals surface area contributed by atoms with Crippen molar-refractivity contribution in [1.82, 2.24) is 4.90 Å². The molecule has 0 bridgehead atoms. The largest absolute Gasteiger partial charge is 0.507 e. The van der Waals surface area contributed by atoms with Gasteiger partial charge in [0, 0.05) is 32.2 Å². The number of aliphatic hydroxyl groups is 1. The Morgan fingerprint density at radius 1 is 1.26 bits per heavy atom. The zero-order chi connectivity index (χ0) is 24.2. The van der Waals surface area contributed by atoms with Gasteiger partial charge in [-0.05, 0) is 54.8 Å². The van der Waals surface area contributed by atoms with Gasteiger partial charge in [-0.3, -0.25) is 9.59 Å². The molecule has 0 saturated carbocycles. The van der Waals surface area contributed by atoms with E-state index in [1.165, 1.54) is 4.90 Å². The van der Waals surface area contributed by atoms with Gasteiger partial charge in [-0.25, -0.2) is 0 Å². The summed E-state index contributed by atoms with van der Waals surface area (Å²) in [7, 11) is 1.59. The summed E-state index contributed by atoms with van der Waals surface area (Å²) in [6, 6.07) is 11.8. The third-order valence-corrected chi connectivity index (χ3v) is 6.00. The highest BCUT2D eigenvalue weighted by atomic mass is 16.5. The number of carbonyl (C=O) groups excluding carboxylic acids is 2. The zero-order valence-electron chi connectivity index (χ0n) is 19.5. The van der Waals surface area contributed by atoms with Gasteiger partial charge >= 0.3 is 0 Å². The fourth-order valence-corrected chi connectivity index (χ4v) is 4.49. The average Bonchev–Trinajstić information content (AvgIpc) is 3.33. The number of hydrogen-bond donors (Lipinski definition) is 1. The number of ketones is 1. The summed E-state index contributed by atoms with van der Waals surface area (Å²) in [6.07, 6.45) is 2.97. The number of likely N-dealkylation sites (tertiary alicyclic amines) is 1. The van der Waals surface area contributed by atoms with Crippen molar-refractivity contribution in [1.29, 1.82) is 0 Å². The summed E-state index contributed by atoms with van der Waals surface area (Å²) >= 11 is 0. The Hall–Kier alpha value is -3.58. The standard InChI is InChI=1S/C27H29NO6/c1-4-12-33-21-8-5-7-18(16-21)24-23(26(30)27(31)28(24)11-6-13-32-3)25(29)19-9-10-22-20(15-19)14-17(2)34-22/h4-5,7-10,15-17,24,29H,1,6,11-14H2,2-3H3/b25-23+/t17-,24-/m0/s1. The number of methoxy groups -OCH3 is 1. The molecule has 2 aromatic rings. The number of ether oxygens (including phenoxy) is 3. The van der Waals surface area contributed by atoms with Crippen LogP contribution in [0.1, 0.15) is 36.1 Å². The molecular weight excluding hydrogens is 434 g/mol. The second-order valence-electron chi connectivity index (χ2n) is 8.47. The smallest absolute Gasteiger partial charge is 0.295 e. The van der Waals surface area contributed by atoms with Gasteiger partial charge in [0.25, 0.3) is 11.7 Å². The third kappa shape index (κ3) is 4.56. The first-order chi connectivity index (χ1) is 16.4. The molecule has 2 aliphatic heterocycles. The number of aliphatic hydroxyl groups excluding tert-OH is 1. The second kappa shape index (κ2) is 10.1. The van der Waals surface area contributed by atoms with E-state index in [-0.39, 0.29) is 17.4 Å². The van der Waals surface area contributed by atoms with Crippen LogP contribution in [0.2, 0.25) is 0 Å². The maximum absolute atomic E-state index is 13.2. The van der Waals surface area contributed by atoms with Crippen LogP contribution in [0.3, 0.4) is 0 Å². The Kier molecular flexibility index (Phi) is 7.03. The monoisotopic (exact) mass is 463 g/mol. The number of fused-ring (bicyclic) bond motifs is 1. The van der Waals surface area contributed by atoms with Gasteiger partial charge in [-0.15, -0.1) is 0 Å². The van der Waals surface area contributed by atoms with Crippen molar-refractivity contribution < 1.29 is 28.9 Å².